The van der Waals surface area contributed by atoms with Gasteiger partial charge in [-0.2, -0.15) is 0 Å². The predicted octanol–water partition coefficient (Wildman–Crippen LogP) is 4.36. The molecule has 1 atom stereocenters. The van der Waals surface area contributed by atoms with Crippen LogP contribution < -0.4 is 0 Å². The monoisotopic (exact) mass is 289 g/mol. The van der Waals surface area contributed by atoms with E-state index in [9.17, 15) is 5.11 Å². The van der Waals surface area contributed by atoms with Gasteiger partial charge in [-0.05, 0) is 53.6 Å². The molecule has 1 heterocycles. The fraction of sp³-hybridized carbons (Fsp3) is 0.150. The molecule has 110 valence electrons. The summed E-state index contributed by atoms with van der Waals surface area (Å²) in [6.07, 6.45) is 5.56. The Bertz CT molecular complexity index is 710. The van der Waals surface area contributed by atoms with Crippen LogP contribution in [0.1, 0.15) is 22.6 Å². The van der Waals surface area contributed by atoms with E-state index < -0.39 is 0 Å². The van der Waals surface area contributed by atoms with Crippen molar-refractivity contribution in [2.75, 3.05) is 0 Å². The first-order valence-electron chi connectivity index (χ1n) is 7.53. The summed E-state index contributed by atoms with van der Waals surface area (Å²) < 4.78 is 0. The van der Waals surface area contributed by atoms with E-state index in [4.69, 9.17) is 0 Å². The third-order valence-corrected chi connectivity index (χ3v) is 3.87. The summed E-state index contributed by atoms with van der Waals surface area (Å²) in [6.45, 7) is 0. The largest absolute Gasteiger partial charge is 0.508 e. The molecule has 1 aromatic heterocycles. The van der Waals surface area contributed by atoms with E-state index in [0.29, 0.717) is 11.7 Å². The number of pyridine rings is 1. The minimum absolute atomic E-state index is 0.325. The molecule has 22 heavy (non-hydrogen) atoms. The van der Waals surface area contributed by atoms with Gasteiger partial charge in [0.05, 0.1) is 0 Å². The summed E-state index contributed by atoms with van der Waals surface area (Å²) in [5, 5.41) is 9.68. The van der Waals surface area contributed by atoms with E-state index in [0.717, 1.165) is 18.4 Å². The number of aromatic hydroxyl groups is 1. The van der Waals surface area contributed by atoms with Crippen molar-refractivity contribution in [2.45, 2.75) is 18.8 Å². The third kappa shape index (κ3) is 3.73. The zero-order chi connectivity index (χ0) is 15.2. The van der Waals surface area contributed by atoms with Gasteiger partial charge in [0.15, 0.2) is 0 Å². The standard InChI is InChI=1S/C20H19NO/c22-20-10-4-6-16(14-20)12-19(18-8-2-1-3-9-18)13-17-7-5-11-21-15-17/h1-11,14-15,19,22H,12-13H2. The number of hydrogen-bond donors (Lipinski definition) is 1. The van der Waals surface area contributed by atoms with Gasteiger partial charge in [0.1, 0.15) is 5.75 Å². The van der Waals surface area contributed by atoms with Crippen LogP contribution in [0.5, 0.6) is 5.75 Å². The molecule has 0 saturated carbocycles. The Morgan fingerprint density at radius 2 is 1.59 bits per heavy atom. The van der Waals surface area contributed by atoms with Crippen LogP contribution in [0.25, 0.3) is 0 Å². The van der Waals surface area contributed by atoms with E-state index in [1.54, 1.807) is 12.3 Å². The molecule has 2 nitrogen and oxygen atoms in total. The zero-order valence-corrected chi connectivity index (χ0v) is 12.4. The Kier molecular flexibility index (Phi) is 4.50. The molecule has 0 aliphatic rings. The highest BCUT2D eigenvalue weighted by Gasteiger charge is 2.13. The molecule has 0 fully saturated rings. The average molecular weight is 289 g/mol. The topological polar surface area (TPSA) is 33.1 Å². The SMILES string of the molecule is Oc1cccc(CC(Cc2cccnc2)c2ccccc2)c1. The fourth-order valence-corrected chi connectivity index (χ4v) is 2.80. The Morgan fingerprint density at radius 3 is 2.32 bits per heavy atom. The summed E-state index contributed by atoms with van der Waals surface area (Å²) >= 11 is 0. The van der Waals surface area contributed by atoms with Gasteiger partial charge in [0.2, 0.25) is 0 Å². The van der Waals surface area contributed by atoms with Crippen molar-refractivity contribution < 1.29 is 5.11 Å². The van der Waals surface area contributed by atoms with Gasteiger partial charge in [-0.15, -0.1) is 0 Å². The van der Waals surface area contributed by atoms with Crippen molar-refractivity contribution in [3.63, 3.8) is 0 Å². The number of aromatic nitrogens is 1. The van der Waals surface area contributed by atoms with Gasteiger partial charge in [-0.1, -0.05) is 48.5 Å². The van der Waals surface area contributed by atoms with Gasteiger partial charge in [0.25, 0.3) is 0 Å². The highest BCUT2D eigenvalue weighted by atomic mass is 16.3. The smallest absolute Gasteiger partial charge is 0.115 e. The molecule has 0 saturated heterocycles. The van der Waals surface area contributed by atoms with Crippen LogP contribution in [0.2, 0.25) is 0 Å². The van der Waals surface area contributed by atoms with Gasteiger partial charge in [0, 0.05) is 12.4 Å². The highest BCUT2D eigenvalue weighted by Crippen LogP contribution is 2.26. The van der Waals surface area contributed by atoms with Crippen LogP contribution in [-0.2, 0) is 12.8 Å². The lowest BCUT2D eigenvalue weighted by atomic mass is 9.87. The van der Waals surface area contributed by atoms with E-state index in [1.165, 1.54) is 11.1 Å². The molecule has 0 spiro atoms. The van der Waals surface area contributed by atoms with Gasteiger partial charge >= 0.3 is 0 Å². The molecule has 2 aromatic carbocycles. The molecular formula is C20H19NO. The first-order chi connectivity index (χ1) is 10.8. The van der Waals surface area contributed by atoms with Crippen molar-refractivity contribution >= 4 is 0 Å². The first-order valence-corrected chi connectivity index (χ1v) is 7.53. The van der Waals surface area contributed by atoms with Crippen LogP contribution in [0.4, 0.5) is 0 Å². The van der Waals surface area contributed by atoms with Gasteiger partial charge in [-0.25, -0.2) is 0 Å². The number of phenols is 1. The number of nitrogens with zero attached hydrogens (tertiary/aromatic N) is 1. The molecular weight excluding hydrogens is 270 g/mol. The quantitative estimate of drug-likeness (QED) is 0.757. The Labute approximate surface area is 131 Å². The molecule has 1 N–H and O–H groups in total. The minimum Gasteiger partial charge on any atom is -0.508 e. The molecule has 0 aliphatic carbocycles. The van der Waals surface area contributed by atoms with Crippen LogP contribution in [0, 0.1) is 0 Å². The lowest BCUT2D eigenvalue weighted by Crippen LogP contribution is -2.07. The van der Waals surface area contributed by atoms with Crippen molar-refractivity contribution in [3.05, 3.63) is 95.8 Å². The van der Waals surface area contributed by atoms with Crippen molar-refractivity contribution in [1.82, 2.24) is 4.98 Å². The van der Waals surface area contributed by atoms with E-state index in [1.807, 2.05) is 30.5 Å². The fourth-order valence-electron chi connectivity index (χ4n) is 2.80. The minimum atomic E-state index is 0.325. The maximum Gasteiger partial charge on any atom is 0.115 e. The lowest BCUT2D eigenvalue weighted by Gasteiger charge is -2.18. The molecule has 0 bridgehead atoms. The third-order valence-electron chi connectivity index (χ3n) is 3.87. The summed E-state index contributed by atoms with van der Waals surface area (Å²) in [5.74, 6) is 0.692. The zero-order valence-electron chi connectivity index (χ0n) is 12.4. The van der Waals surface area contributed by atoms with Crippen LogP contribution in [0.15, 0.2) is 79.1 Å². The maximum absolute atomic E-state index is 9.68. The molecule has 0 amide bonds. The predicted molar refractivity (Wildman–Crippen MR) is 88.9 cm³/mol. The summed E-state index contributed by atoms with van der Waals surface area (Å²) in [5.41, 5.74) is 3.70. The second kappa shape index (κ2) is 6.90. The number of rotatable bonds is 5. The van der Waals surface area contributed by atoms with E-state index in [2.05, 4.69) is 41.4 Å². The number of benzene rings is 2. The number of phenolic OH excluding ortho intramolecular Hbond substituents is 1. The second-order valence-electron chi connectivity index (χ2n) is 5.55. The second-order valence-corrected chi connectivity index (χ2v) is 5.55. The Balaban J connectivity index is 1.86. The Morgan fingerprint density at radius 1 is 0.818 bits per heavy atom. The van der Waals surface area contributed by atoms with Gasteiger partial charge < -0.3 is 5.11 Å². The summed E-state index contributed by atoms with van der Waals surface area (Å²) in [7, 11) is 0. The van der Waals surface area contributed by atoms with Crippen molar-refractivity contribution in [3.8, 4) is 5.75 Å². The Hall–Kier alpha value is -2.61. The summed E-state index contributed by atoms with van der Waals surface area (Å²) in [4.78, 5) is 4.21. The lowest BCUT2D eigenvalue weighted by molar-refractivity contribution is 0.474. The molecule has 3 aromatic rings. The van der Waals surface area contributed by atoms with E-state index in [-0.39, 0.29) is 0 Å². The van der Waals surface area contributed by atoms with Crippen molar-refractivity contribution in [1.29, 1.82) is 0 Å². The van der Waals surface area contributed by atoms with Crippen LogP contribution in [-0.4, -0.2) is 10.1 Å². The normalized spacial score (nSPS) is 12.0. The van der Waals surface area contributed by atoms with Crippen LogP contribution >= 0.6 is 0 Å². The average Bonchev–Trinajstić information content (AvgIpc) is 2.56. The van der Waals surface area contributed by atoms with Gasteiger partial charge in [-0.3, -0.25) is 4.98 Å². The first kappa shape index (κ1) is 14.3. The van der Waals surface area contributed by atoms with Crippen molar-refractivity contribution in [2.24, 2.45) is 0 Å². The maximum atomic E-state index is 9.68. The summed E-state index contributed by atoms with van der Waals surface area (Å²) in [6, 6.07) is 22.2. The van der Waals surface area contributed by atoms with Crippen LogP contribution in [0.3, 0.4) is 0 Å². The number of hydrogen-bond acceptors (Lipinski definition) is 2. The molecule has 2 heteroatoms. The molecule has 1 unspecified atom stereocenters. The molecule has 0 aliphatic heterocycles. The van der Waals surface area contributed by atoms with E-state index >= 15 is 0 Å². The molecule has 3 rings (SSSR count). The molecule has 0 radical (unpaired) electrons. The highest BCUT2D eigenvalue weighted by molar-refractivity contribution is 5.31.